The van der Waals surface area contributed by atoms with E-state index in [-0.39, 0.29) is 5.78 Å². The van der Waals surface area contributed by atoms with Crippen LogP contribution in [0.3, 0.4) is 0 Å². The number of nitrogens with zero attached hydrogens (tertiary/aromatic N) is 3. The molecule has 0 aliphatic rings. The second kappa shape index (κ2) is 7.51. The first kappa shape index (κ1) is 13.3. The largest absolute Gasteiger partial charge is 0.300 e. The lowest BCUT2D eigenvalue weighted by molar-refractivity contribution is -0.115. The predicted octanol–water partition coefficient (Wildman–Crippen LogP) is 1.42. The second-order valence-corrected chi connectivity index (χ2v) is 3.55. The van der Waals surface area contributed by atoms with Crippen molar-refractivity contribution in [2.45, 2.75) is 20.3 Å². The number of Topliss-reactive ketones (excluding diaryl/α,β-unsaturated/α-hetero) is 1. The van der Waals surface area contributed by atoms with Crippen LogP contribution in [-0.2, 0) is 4.79 Å². The summed E-state index contributed by atoms with van der Waals surface area (Å²) in [4.78, 5) is 15.1. The maximum absolute atomic E-state index is 10.8. The van der Waals surface area contributed by atoms with Crippen LogP contribution in [0.4, 0.5) is 5.82 Å². The first-order chi connectivity index (χ1) is 8.24. The highest BCUT2D eigenvalue weighted by Gasteiger charge is 2.03. The number of hydrazone groups is 1. The zero-order chi connectivity index (χ0) is 12.5. The van der Waals surface area contributed by atoms with E-state index in [1.165, 1.54) is 0 Å². The van der Waals surface area contributed by atoms with Gasteiger partial charge in [0.15, 0.2) is 0 Å². The van der Waals surface area contributed by atoms with Gasteiger partial charge < -0.3 is 0 Å². The van der Waals surface area contributed by atoms with Crippen LogP contribution in [0.25, 0.3) is 0 Å². The third-order valence-electron chi connectivity index (χ3n) is 2.03. The molecule has 0 fully saturated rings. The summed E-state index contributed by atoms with van der Waals surface area (Å²) < 4.78 is 0. The van der Waals surface area contributed by atoms with Gasteiger partial charge in [0.2, 0.25) is 0 Å². The van der Waals surface area contributed by atoms with Crippen molar-refractivity contribution in [3.63, 3.8) is 0 Å². The maximum atomic E-state index is 10.8. The third kappa shape index (κ3) is 5.21. The highest BCUT2D eigenvalue weighted by atomic mass is 16.1. The molecular formula is C12H18N4O. The number of ketones is 1. The Morgan fingerprint density at radius 3 is 3.00 bits per heavy atom. The van der Waals surface area contributed by atoms with E-state index in [4.69, 9.17) is 0 Å². The van der Waals surface area contributed by atoms with E-state index in [0.717, 1.165) is 12.4 Å². The smallest absolute Gasteiger partial charge is 0.150 e. The summed E-state index contributed by atoms with van der Waals surface area (Å²) >= 11 is 0. The topological polar surface area (TPSA) is 57.6 Å². The molecule has 1 rings (SSSR count). The molecule has 0 spiro atoms. The molecule has 0 radical (unpaired) electrons. The fraction of sp³-hybridized carbons (Fsp3) is 0.417. The summed E-state index contributed by atoms with van der Waals surface area (Å²) in [5, 5.41) is 9.13. The van der Waals surface area contributed by atoms with Crippen LogP contribution in [0.5, 0.6) is 0 Å². The van der Waals surface area contributed by atoms with Crippen molar-refractivity contribution in [1.29, 1.82) is 0 Å². The van der Waals surface area contributed by atoms with Crippen LogP contribution in [0, 0.1) is 0 Å². The second-order valence-electron chi connectivity index (χ2n) is 3.55. The number of rotatable bonds is 7. The zero-order valence-electron chi connectivity index (χ0n) is 10.3. The number of pyridine rings is 1. The molecule has 0 bridgehead atoms. The molecule has 0 amide bonds. The monoisotopic (exact) mass is 234 g/mol. The normalized spacial score (nSPS) is 10.7. The molecule has 92 valence electrons. The highest BCUT2D eigenvalue weighted by Crippen LogP contribution is 2.07. The Morgan fingerprint density at radius 1 is 1.59 bits per heavy atom. The molecule has 1 heterocycles. The van der Waals surface area contributed by atoms with Gasteiger partial charge in [0, 0.05) is 18.8 Å². The van der Waals surface area contributed by atoms with Crippen LogP contribution in [0.2, 0.25) is 0 Å². The van der Waals surface area contributed by atoms with E-state index >= 15 is 0 Å². The van der Waals surface area contributed by atoms with Gasteiger partial charge in [-0.3, -0.25) is 10.1 Å². The van der Waals surface area contributed by atoms with Gasteiger partial charge in [-0.2, -0.15) is 5.10 Å². The van der Waals surface area contributed by atoms with Crippen molar-refractivity contribution in [2.24, 2.45) is 5.10 Å². The van der Waals surface area contributed by atoms with Crippen LogP contribution >= 0.6 is 0 Å². The first-order valence-electron chi connectivity index (χ1n) is 5.65. The zero-order valence-corrected chi connectivity index (χ0v) is 10.3. The Kier molecular flexibility index (Phi) is 5.88. The van der Waals surface area contributed by atoms with E-state index in [1.54, 1.807) is 24.3 Å². The maximum Gasteiger partial charge on any atom is 0.150 e. The van der Waals surface area contributed by atoms with Crippen LogP contribution < -0.4 is 10.3 Å². The molecule has 1 aromatic heterocycles. The number of anilines is 1. The molecule has 17 heavy (non-hydrogen) atoms. The quantitative estimate of drug-likeness (QED) is 0.440. The minimum atomic E-state index is 0.0955. The van der Waals surface area contributed by atoms with Gasteiger partial charge in [-0.15, -0.1) is 0 Å². The Balaban J connectivity index is 2.67. The number of carbonyl (C=O) groups excluding carboxylic acids is 1. The van der Waals surface area contributed by atoms with Gasteiger partial charge in [-0.05, 0) is 25.6 Å². The number of hydrogen-bond acceptors (Lipinski definition) is 5. The fourth-order valence-electron chi connectivity index (χ4n) is 1.17. The number of aromatic nitrogens is 1. The van der Waals surface area contributed by atoms with E-state index in [1.807, 2.05) is 25.1 Å². The first-order valence-corrected chi connectivity index (χ1v) is 5.65. The lowest BCUT2D eigenvalue weighted by Crippen LogP contribution is -2.30. The van der Waals surface area contributed by atoms with Gasteiger partial charge in [0.05, 0.1) is 6.67 Å². The summed E-state index contributed by atoms with van der Waals surface area (Å²) in [6, 6.07) is 5.64. The number of nitrogens with one attached hydrogen (secondary N) is 1. The molecule has 0 aromatic carbocycles. The Morgan fingerprint density at radius 2 is 2.41 bits per heavy atom. The molecule has 5 heteroatoms. The van der Waals surface area contributed by atoms with Crippen molar-refractivity contribution in [3.8, 4) is 0 Å². The van der Waals surface area contributed by atoms with Gasteiger partial charge in [0.1, 0.15) is 11.6 Å². The fourth-order valence-corrected chi connectivity index (χ4v) is 1.17. The van der Waals surface area contributed by atoms with Crippen molar-refractivity contribution < 1.29 is 4.79 Å². The molecule has 5 nitrogen and oxygen atoms in total. The number of hydrogen-bond donors (Lipinski definition) is 1. The molecule has 1 aromatic rings. The Hall–Kier alpha value is -1.75. The van der Waals surface area contributed by atoms with E-state index in [9.17, 15) is 4.79 Å². The Bertz CT molecular complexity index is 364. The van der Waals surface area contributed by atoms with Crippen molar-refractivity contribution in [1.82, 2.24) is 10.3 Å². The van der Waals surface area contributed by atoms with E-state index < -0.39 is 0 Å². The third-order valence-corrected chi connectivity index (χ3v) is 2.03. The van der Waals surface area contributed by atoms with Gasteiger partial charge >= 0.3 is 0 Å². The lowest BCUT2D eigenvalue weighted by Gasteiger charge is -2.17. The van der Waals surface area contributed by atoms with E-state index in [2.05, 4.69) is 15.4 Å². The molecule has 1 N–H and O–H groups in total. The summed E-state index contributed by atoms with van der Waals surface area (Å²) in [6.45, 7) is 4.99. The summed E-state index contributed by atoms with van der Waals surface area (Å²) in [5.74, 6) is 0.853. The molecular weight excluding hydrogens is 216 g/mol. The minimum absolute atomic E-state index is 0.0955. The lowest BCUT2D eigenvalue weighted by atomic mass is 10.3. The summed E-state index contributed by atoms with van der Waals surface area (Å²) in [5.41, 5.74) is 0. The minimum Gasteiger partial charge on any atom is -0.300 e. The average molecular weight is 234 g/mol. The average Bonchev–Trinajstić information content (AvgIpc) is 2.34. The predicted molar refractivity (Wildman–Crippen MR) is 69.0 cm³/mol. The molecule has 0 atom stereocenters. The van der Waals surface area contributed by atoms with Gasteiger partial charge in [-0.25, -0.2) is 9.99 Å². The van der Waals surface area contributed by atoms with Crippen LogP contribution in [0.1, 0.15) is 20.3 Å². The van der Waals surface area contributed by atoms with E-state index in [0.29, 0.717) is 13.1 Å². The summed E-state index contributed by atoms with van der Waals surface area (Å²) in [6.07, 6.45) is 3.67. The van der Waals surface area contributed by atoms with Gasteiger partial charge in [0.25, 0.3) is 0 Å². The Labute approximate surface area is 102 Å². The van der Waals surface area contributed by atoms with Crippen LogP contribution in [0.15, 0.2) is 29.5 Å². The highest BCUT2D eigenvalue weighted by molar-refractivity contribution is 5.89. The number of carbonyl (C=O) groups is 1. The molecule has 0 aliphatic carbocycles. The molecule has 0 unspecified atom stereocenters. The van der Waals surface area contributed by atoms with Crippen LogP contribution in [-0.4, -0.2) is 30.2 Å². The standard InChI is InChI=1S/C12H18N4O/c1-3-13-10-16(15-9-7-11(2)17)12-6-4-5-8-14-12/h4-6,8-9,13H,3,7,10H2,1-2H3/b15-9-. The van der Waals surface area contributed by atoms with Crippen molar-refractivity contribution in [3.05, 3.63) is 24.4 Å². The molecule has 0 saturated carbocycles. The summed E-state index contributed by atoms with van der Waals surface area (Å²) in [7, 11) is 0. The molecule has 0 aliphatic heterocycles. The SMILES string of the molecule is CCNCN(/N=C\CC(C)=O)c1ccccn1. The van der Waals surface area contributed by atoms with Crippen molar-refractivity contribution >= 4 is 17.8 Å². The van der Waals surface area contributed by atoms with Crippen molar-refractivity contribution in [2.75, 3.05) is 18.2 Å². The molecule has 0 saturated heterocycles. The van der Waals surface area contributed by atoms with Gasteiger partial charge in [-0.1, -0.05) is 13.0 Å².